The van der Waals surface area contributed by atoms with Crippen LogP contribution in [0.1, 0.15) is 11.3 Å². The maximum atomic E-state index is 11.1. The van der Waals surface area contributed by atoms with Crippen LogP contribution in [-0.4, -0.2) is 40.4 Å². The van der Waals surface area contributed by atoms with Crippen molar-refractivity contribution in [1.82, 2.24) is 15.2 Å². The number of hydrogen-bond acceptors (Lipinski definition) is 8. The Kier molecular flexibility index (Phi) is 5.75. The van der Waals surface area contributed by atoms with Crippen LogP contribution >= 0.6 is 0 Å². The molecule has 122 valence electrons. The Balaban J connectivity index is 1.99. The summed E-state index contributed by atoms with van der Waals surface area (Å²) in [5, 5.41) is 21.9. The Labute approximate surface area is 132 Å². The molecule has 0 fully saturated rings. The Morgan fingerprint density at radius 2 is 2.09 bits per heavy atom. The minimum absolute atomic E-state index is 0.0417. The summed E-state index contributed by atoms with van der Waals surface area (Å²) in [5.74, 6) is 0.600. The van der Waals surface area contributed by atoms with Gasteiger partial charge in [0.05, 0.1) is 23.8 Å². The number of nitrogens with zero attached hydrogens (tertiary/aromatic N) is 4. The van der Waals surface area contributed by atoms with Crippen LogP contribution in [0.15, 0.2) is 24.4 Å². The van der Waals surface area contributed by atoms with Crippen LogP contribution in [0.3, 0.4) is 0 Å². The van der Waals surface area contributed by atoms with Gasteiger partial charge in [-0.2, -0.15) is 5.10 Å². The van der Waals surface area contributed by atoms with E-state index < -0.39 is 4.92 Å². The summed E-state index contributed by atoms with van der Waals surface area (Å²) < 4.78 is 10.2. The van der Waals surface area contributed by atoms with E-state index in [0.29, 0.717) is 30.4 Å². The molecule has 9 nitrogen and oxygen atoms in total. The predicted octanol–water partition coefficient (Wildman–Crippen LogP) is 1.73. The Bertz CT molecular complexity index is 663. The number of anilines is 1. The summed E-state index contributed by atoms with van der Waals surface area (Å²) in [7, 11) is 1.59. The van der Waals surface area contributed by atoms with E-state index in [1.807, 2.05) is 0 Å². The molecule has 0 saturated heterocycles. The van der Waals surface area contributed by atoms with Gasteiger partial charge in [0.2, 0.25) is 11.7 Å². The standard InChI is InChI=1S/C14H17N5O4/c1-10-5-6-15-14(13(10)19(20)21)16-9-11-3-4-12(18-17-11)23-8-7-22-2/h3-6H,7-9H2,1-2H3,(H,15,16). The number of hydrogen-bond donors (Lipinski definition) is 1. The van der Waals surface area contributed by atoms with Gasteiger partial charge in [0.25, 0.3) is 0 Å². The first kappa shape index (κ1) is 16.6. The zero-order valence-corrected chi connectivity index (χ0v) is 12.9. The van der Waals surface area contributed by atoms with Crippen molar-refractivity contribution in [1.29, 1.82) is 0 Å². The average Bonchev–Trinajstić information content (AvgIpc) is 2.54. The fourth-order valence-corrected chi connectivity index (χ4v) is 1.83. The predicted molar refractivity (Wildman–Crippen MR) is 82.4 cm³/mol. The third kappa shape index (κ3) is 4.58. The molecule has 0 unspecified atom stereocenters. The largest absolute Gasteiger partial charge is 0.474 e. The van der Waals surface area contributed by atoms with Crippen LogP contribution in [0.4, 0.5) is 11.5 Å². The fourth-order valence-electron chi connectivity index (χ4n) is 1.83. The molecule has 0 aliphatic carbocycles. The molecule has 0 radical (unpaired) electrons. The normalized spacial score (nSPS) is 10.3. The molecular weight excluding hydrogens is 302 g/mol. The maximum Gasteiger partial charge on any atom is 0.314 e. The minimum Gasteiger partial charge on any atom is -0.474 e. The van der Waals surface area contributed by atoms with E-state index in [9.17, 15) is 10.1 Å². The second kappa shape index (κ2) is 7.99. The number of ether oxygens (including phenoxy) is 2. The molecular formula is C14H17N5O4. The van der Waals surface area contributed by atoms with Gasteiger partial charge >= 0.3 is 5.69 Å². The van der Waals surface area contributed by atoms with Gasteiger partial charge in [0.1, 0.15) is 6.61 Å². The summed E-state index contributed by atoms with van der Waals surface area (Å²) in [4.78, 5) is 14.6. The summed E-state index contributed by atoms with van der Waals surface area (Å²) in [6.07, 6.45) is 1.52. The highest BCUT2D eigenvalue weighted by Gasteiger charge is 2.18. The number of aromatic nitrogens is 3. The second-order valence-electron chi connectivity index (χ2n) is 4.64. The van der Waals surface area contributed by atoms with E-state index in [1.54, 1.807) is 32.2 Å². The third-order valence-corrected chi connectivity index (χ3v) is 2.98. The molecule has 0 amide bonds. The van der Waals surface area contributed by atoms with Crippen molar-refractivity contribution in [2.75, 3.05) is 25.6 Å². The number of nitro groups is 1. The number of pyridine rings is 1. The first-order valence-electron chi connectivity index (χ1n) is 6.90. The summed E-state index contributed by atoms with van der Waals surface area (Å²) >= 11 is 0. The first-order valence-corrected chi connectivity index (χ1v) is 6.90. The third-order valence-electron chi connectivity index (χ3n) is 2.98. The second-order valence-corrected chi connectivity index (χ2v) is 4.64. The minimum atomic E-state index is -0.455. The van der Waals surface area contributed by atoms with Gasteiger partial charge in [-0.25, -0.2) is 4.98 Å². The molecule has 0 bridgehead atoms. The molecule has 0 saturated carbocycles. The highest BCUT2D eigenvalue weighted by molar-refractivity contribution is 5.59. The van der Waals surface area contributed by atoms with Gasteiger partial charge in [0, 0.05) is 24.9 Å². The smallest absolute Gasteiger partial charge is 0.314 e. The molecule has 2 aromatic rings. The Morgan fingerprint density at radius 1 is 1.26 bits per heavy atom. The molecule has 2 aromatic heterocycles. The monoisotopic (exact) mass is 319 g/mol. The topological polar surface area (TPSA) is 112 Å². The van der Waals surface area contributed by atoms with Gasteiger partial charge in [-0.3, -0.25) is 10.1 Å². The SMILES string of the molecule is COCCOc1ccc(CNc2nccc(C)c2[N+](=O)[O-])nn1. The molecule has 2 rings (SSSR count). The van der Waals surface area contributed by atoms with E-state index in [1.165, 1.54) is 6.20 Å². The van der Waals surface area contributed by atoms with Crippen molar-refractivity contribution in [3.8, 4) is 5.88 Å². The van der Waals surface area contributed by atoms with E-state index in [0.717, 1.165) is 0 Å². The number of rotatable bonds is 8. The van der Waals surface area contributed by atoms with E-state index in [-0.39, 0.29) is 18.1 Å². The number of methoxy groups -OCH3 is 1. The van der Waals surface area contributed by atoms with Crippen LogP contribution in [0.25, 0.3) is 0 Å². The molecule has 0 aromatic carbocycles. The molecule has 0 aliphatic heterocycles. The van der Waals surface area contributed by atoms with E-state index >= 15 is 0 Å². The summed E-state index contributed by atoms with van der Waals surface area (Å²) in [5.41, 5.74) is 1.11. The van der Waals surface area contributed by atoms with E-state index in [2.05, 4.69) is 20.5 Å². The van der Waals surface area contributed by atoms with Crippen molar-refractivity contribution >= 4 is 11.5 Å². The highest BCUT2D eigenvalue weighted by atomic mass is 16.6. The van der Waals surface area contributed by atoms with Crippen LogP contribution < -0.4 is 10.1 Å². The van der Waals surface area contributed by atoms with Crippen molar-refractivity contribution in [2.45, 2.75) is 13.5 Å². The molecule has 2 heterocycles. The molecule has 9 heteroatoms. The highest BCUT2D eigenvalue weighted by Crippen LogP contribution is 2.25. The fraction of sp³-hybridized carbons (Fsp3) is 0.357. The lowest BCUT2D eigenvalue weighted by Gasteiger charge is -2.07. The lowest BCUT2D eigenvalue weighted by Crippen LogP contribution is -2.09. The van der Waals surface area contributed by atoms with Crippen LogP contribution in [0.2, 0.25) is 0 Å². The number of nitrogens with one attached hydrogen (secondary N) is 1. The van der Waals surface area contributed by atoms with Crippen molar-refractivity contribution in [2.24, 2.45) is 0 Å². The zero-order chi connectivity index (χ0) is 16.7. The lowest BCUT2D eigenvalue weighted by atomic mass is 10.2. The van der Waals surface area contributed by atoms with Crippen LogP contribution in [0.5, 0.6) is 5.88 Å². The van der Waals surface area contributed by atoms with Crippen LogP contribution in [0, 0.1) is 17.0 Å². The van der Waals surface area contributed by atoms with Gasteiger partial charge in [-0.05, 0) is 19.1 Å². The van der Waals surface area contributed by atoms with Crippen molar-refractivity contribution in [3.05, 3.63) is 45.8 Å². The van der Waals surface area contributed by atoms with Gasteiger partial charge in [0.15, 0.2) is 0 Å². The molecule has 0 atom stereocenters. The quantitative estimate of drug-likeness (QED) is 0.444. The van der Waals surface area contributed by atoms with Crippen molar-refractivity contribution < 1.29 is 14.4 Å². The Morgan fingerprint density at radius 3 is 2.74 bits per heavy atom. The summed E-state index contributed by atoms with van der Waals surface area (Å²) in [6, 6.07) is 5.00. The summed E-state index contributed by atoms with van der Waals surface area (Å²) in [6.45, 7) is 2.79. The molecule has 0 aliphatic rings. The maximum absolute atomic E-state index is 11.1. The van der Waals surface area contributed by atoms with Gasteiger partial charge < -0.3 is 14.8 Å². The Hall–Kier alpha value is -2.81. The zero-order valence-electron chi connectivity index (χ0n) is 12.9. The van der Waals surface area contributed by atoms with Crippen LogP contribution in [-0.2, 0) is 11.3 Å². The number of aryl methyl sites for hydroxylation is 1. The molecule has 23 heavy (non-hydrogen) atoms. The first-order chi connectivity index (χ1) is 11.1. The molecule has 1 N–H and O–H groups in total. The lowest BCUT2D eigenvalue weighted by molar-refractivity contribution is -0.384. The average molecular weight is 319 g/mol. The molecule has 0 spiro atoms. The van der Waals surface area contributed by atoms with Gasteiger partial charge in [-0.15, -0.1) is 5.10 Å². The van der Waals surface area contributed by atoms with E-state index in [4.69, 9.17) is 9.47 Å². The van der Waals surface area contributed by atoms with Crippen molar-refractivity contribution in [3.63, 3.8) is 0 Å². The van der Waals surface area contributed by atoms with Gasteiger partial charge in [-0.1, -0.05) is 0 Å².